The number of ether oxygens (including phenoxy) is 8. The number of rotatable bonds is 33. The predicted octanol–water partition coefficient (Wildman–Crippen LogP) is -5.11. The number of nitrogens with one attached hydrogen (secondary N) is 3. The highest BCUT2D eigenvalue weighted by atomic mass is 16.8. The van der Waals surface area contributed by atoms with Gasteiger partial charge in [-0.3, -0.25) is 14.4 Å². The highest BCUT2D eigenvalue weighted by molar-refractivity contribution is 5.77. The van der Waals surface area contributed by atoms with Crippen LogP contribution in [0, 0.1) is 0 Å². The summed E-state index contributed by atoms with van der Waals surface area (Å²) in [5.41, 5.74) is 0. The first-order chi connectivity index (χ1) is 38.0. The Bertz CT molecular complexity index is 1890. The molecule has 4 saturated heterocycles. The van der Waals surface area contributed by atoms with Crippen molar-refractivity contribution in [3.05, 3.63) is 12.2 Å². The Hall–Kier alpha value is -3.22. The average Bonchev–Trinajstić information content (AvgIpc) is 3.46. The van der Waals surface area contributed by atoms with Gasteiger partial charge >= 0.3 is 5.97 Å². The van der Waals surface area contributed by atoms with Gasteiger partial charge in [0.05, 0.1) is 57.3 Å². The molecule has 0 aromatic heterocycles. The fourth-order valence-corrected chi connectivity index (χ4v) is 10.2. The molecule has 464 valence electrons. The van der Waals surface area contributed by atoms with E-state index in [1.807, 2.05) is 0 Å². The largest absolute Gasteiger partial charge is 0.477 e. The van der Waals surface area contributed by atoms with Gasteiger partial charge in [-0.05, 0) is 12.8 Å². The second-order valence-corrected chi connectivity index (χ2v) is 20.9. The molecule has 0 aromatic carbocycles. The Kier molecular flexibility index (Phi) is 29.4. The smallest absolute Gasteiger partial charge is 0.364 e. The molecule has 0 unspecified atom stereocenters. The van der Waals surface area contributed by atoms with Crippen molar-refractivity contribution in [1.82, 2.24) is 16.0 Å². The van der Waals surface area contributed by atoms with Gasteiger partial charge in [0.1, 0.15) is 91.5 Å². The van der Waals surface area contributed by atoms with Crippen LogP contribution in [0.5, 0.6) is 0 Å². The standard InChI is InChI=1S/C51H89N3O26/c1-5-6-7-8-9-10-11-12-13-14-15-16-17-18-29(62)28(52-25(2)59)24-73-48-41(69)40(68)43(33(22-57)75-48)77-49-42(70)46(44(34(23-58)76-49)78-47-36(54-27(4)61)39(67)38(66)32(21-56)74-47)80-51(50(71)72)19-30(63)35(53-26(3)60)45(79-51)37(65)31(64)20-55/h17-18,28-49,55-58,62-70H,5-16,19-24H2,1-4H3,(H,52,59)(H,53,60)(H,54,61)(H,71,72)/b18-17+/t28-,29+,30-,31+,32+,33+,34+,35+,36+,37+,38-,39+,40+,41+,42+,43+,44-,45+,46+,47-,48+,49-,51-/m0/s1. The van der Waals surface area contributed by atoms with E-state index >= 15 is 0 Å². The third-order valence-corrected chi connectivity index (χ3v) is 14.5. The minimum Gasteiger partial charge on any atom is -0.477 e. The summed E-state index contributed by atoms with van der Waals surface area (Å²) in [7, 11) is 0. The Labute approximate surface area is 464 Å². The van der Waals surface area contributed by atoms with E-state index in [1.54, 1.807) is 6.08 Å². The predicted molar refractivity (Wildman–Crippen MR) is 272 cm³/mol. The molecule has 0 radical (unpaired) electrons. The molecule has 17 N–H and O–H groups in total. The van der Waals surface area contributed by atoms with Crippen LogP contribution in [0.2, 0.25) is 0 Å². The molecule has 0 spiro atoms. The molecule has 29 heteroatoms. The summed E-state index contributed by atoms with van der Waals surface area (Å²) >= 11 is 0. The number of hydrogen-bond donors (Lipinski definition) is 17. The van der Waals surface area contributed by atoms with Crippen LogP contribution in [0.25, 0.3) is 0 Å². The lowest BCUT2D eigenvalue weighted by Crippen LogP contribution is -2.72. The normalized spacial score (nSPS) is 36.4. The van der Waals surface area contributed by atoms with Gasteiger partial charge in [-0.15, -0.1) is 0 Å². The molecule has 4 rings (SSSR count). The summed E-state index contributed by atoms with van der Waals surface area (Å²) in [6.07, 6.45) is -22.2. The molecule has 0 aromatic rings. The second kappa shape index (κ2) is 33.9. The number of carboxylic acids is 1. The van der Waals surface area contributed by atoms with Crippen LogP contribution in [0.3, 0.4) is 0 Å². The first-order valence-electron chi connectivity index (χ1n) is 27.5. The minimum atomic E-state index is -3.27. The molecule has 29 nitrogen and oxygen atoms in total. The summed E-state index contributed by atoms with van der Waals surface area (Å²) in [5.74, 6) is -7.55. The van der Waals surface area contributed by atoms with Gasteiger partial charge in [0.25, 0.3) is 5.79 Å². The van der Waals surface area contributed by atoms with Gasteiger partial charge in [0, 0.05) is 27.2 Å². The van der Waals surface area contributed by atoms with Crippen molar-refractivity contribution in [2.24, 2.45) is 0 Å². The van der Waals surface area contributed by atoms with E-state index in [0.29, 0.717) is 6.42 Å². The molecule has 0 aliphatic carbocycles. The van der Waals surface area contributed by atoms with E-state index in [-0.39, 0.29) is 0 Å². The summed E-state index contributed by atoms with van der Waals surface area (Å²) in [5, 5.41) is 160. The van der Waals surface area contributed by atoms with Crippen molar-refractivity contribution in [3.8, 4) is 0 Å². The quantitative estimate of drug-likeness (QED) is 0.0216. The monoisotopic (exact) mass is 1160 g/mol. The molecular weight excluding hydrogens is 1070 g/mol. The fraction of sp³-hybridized carbons (Fsp3) is 0.882. The lowest BCUT2D eigenvalue weighted by molar-refractivity contribution is -0.401. The maximum absolute atomic E-state index is 13.4. The third kappa shape index (κ3) is 19.2. The zero-order valence-corrected chi connectivity index (χ0v) is 45.7. The van der Waals surface area contributed by atoms with Crippen LogP contribution in [0.4, 0.5) is 0 Å². The van der Waals surface area contributed by atoms with E-state index in [4.69, 9.17) is 37.9 Å². The SMILES string of the molecule is CCCCCCCCCCCCC/C=C/[C@@H](O)[C@H](CO[C@@H]1O[C@H](CO)[C@@H](O[C@@H]2O[C@H](CO)[C@H](O[C@@H]3O[C@H](CO)[C@H](O)[C@H](O)[C@H]3NC(C)=O)[C@H](O[C@]3(C(=O)O)C[C@H](O)[C@@H](NC(C)=O)[C@H]([C@H](O)[C@H](O)CO)O3)[C@H]2O)[C@H](O)[C@H]1O)NC(C)=O. The molecule has 23 atom stereocenters. The number of amides is 3. The molecule has 4 aliphatic heterocycles. The van der Waals surface area contributed by atoms with Crippen LogP contribution < -0.4 is 16.0 Å². The number of hydrogen-bond acceptors (Lipinski definition) is 25. The Morgan fingerprint density at radius 2 is 1.16 bits per heavy atom. The third-order valence-electron chi connectivity index (χ3n) is 14.5. The van der Waals surface area contributed by atoms with Crippen LogP contribution in [0.15, 0.2) is 12.2 Å². The minimum absolute atomic E-state index is 0.502. The zero-order valence-electron chi connectivity index (χ0n) is 45.7. The van der Waals surface area contributed by atoms with Gasteiger partial charge in [0.15, 0.2) is 18.9 Å². The van der Waals surface area contributed by atoms with Crippen LogP contribution >= 0.6 is 0 Å². The Morgan fingerprint density at radius 3 is 1.71 bits per heavy atom. The van der Waals surface area contributed by atoms with Gasteiger partial charge in [-0.1, -0.05) is 83.3 Å². The number of carbonyl (C=O) groups excluding carboxylic acids is 3. The van der Waals surface area contributed by atoms with E-state index in [0.717, 1.165) is 39.5 Å². The van der Waals surface area contributed by atoms with Crippen LogP contribution in [-0.2, 0) is 57.1 Å². The van der Waals surface area contributed by atoms with E-state index < -0.39 is 204 Å². The molecule has 4 heterocycles. The summed E-state index contributed by atoms with van der Waals surface area (Å²) < 4.78 is 47.1. The van der Waals surface area contributed by atoms with Gasteiger partial charge in [0.2, 0.25) is 17.7 Å². The summed E-state index contributed by atoms with van der Waals surface area (Å²) in [6, 6.07) is -4.51. The molecule has 3 amide bonds. The average molecular weight is 1160 g/mol. The molecule has 4 aliphatic rings. The number of aliphatic hydroxyl groups is 13. The maximum Gasteiger partial charge on any atom is 0.364 e. The highest BCUT2D eigenvalue weighted by Gasteiger charge is 2.61. The maximum atomic E-state index is 13.4. The molecule has 4 fully saturated rings. The van der Waals surface area contributed by atoms with Gasteiger partial charge in [-0.2, -0.15) is 0 Å². The Balaban J connectivity index is 1.59. The first kappa shape index (κ1) is 69.3. The number of aliphatic hydroxyl groups excluding tert-OH is 13. The number of unbranched alkanes of at least 4 members (excludes halogenated alkanes) is 11. The lowest BCUT2D eigenvalue weighted by Gasteiger charge is -2.52. The molecule has 0 bridgehead atoms. The zero-order chi connectivity index (χ0) is 59.4. The van der Waals surface area contributed by atoms with Crippen molar-refractivity contribution in [3.63, 3.8) is 0 Å². The van der Waals surface area contributed by atoms with Crippen LogP contribution in [-0.4, -0.2) is 269 Å². The fourth-order valence-electron chi connectivity index (χ4n) is 10.2. The van der Waals surface area contributed by atoms with Crippen LogP contribution in [0.1, 0.15) is 111 Å². The summed E-state index contributed by atoms with van der Waals surface area (Å²) in [4.78, 5) is 50.2. The second-order valence-electron chi connectivity index (χ2n) is 20.9. The van der Waals surface area contributed by atoms with Crippen molar-refractivity contribution < 1.29 is 129 Å². The van der Waals surface area contributed by atoms with Gasteiger partial charge < -0.3 is 125 Å². The molecular formula is C51H89N3O26. The van der Waals surface area contributed by atoms with Crippen molar-refractivity contribution in [2.75, 3.05) is 33.0 Å². The van der Waals surface area contributed by atoms with Crippen molar-refractivity contribution in [1.29, 1.82) is 0 Å². The van der Waals surface area contributed by atoms with E-state index in [2.05, 4.69) is 22.9 Å². The lowest BCUT2D eigenvalue weighted by atomic mass is 9.88. The Morgan fingerprint density at radius 1 is 0.625 bits per heavy atom. The van der Waals surface area contributed by atoms with Crippen molar-refractivity contribution in [2.45, 2.75) is 252 Å². The molecule has 80 heavy (non-hydrogen) atoms. The van der Waals surface area contributed by atoms with E-state index in [9.17, 15) is 90.7 Å². The highest BCUT2D eigenvalue weighted by Crippen LogP contribution is 2.40. The first-order valence-corrected chi connectivity index (χ1v) is 27.5. The molecule has 0 saturated carbocycles. The number of carbonyl (C=O) groups is 4. The van der Waals surface area contributed by atoms with Crippen molar-refractivity contribution >= 4 is 23.7 Å². The van der Waals surface area contributed by atoms with E-state index in [1.165, 1.54) is 57.9 Å². The number of aliphatic carboxylic acids is 1. The van der Waals surface area contributed by atoms with Gasteiger partial charge in [-0.25, -0.2) is 4.79 Å². The summed E-state index contributed by atoms with van der Waals surface area (Å²) in [6.45, 7) is 0.652. The number of carboxylic acid groups (broad SMARTS) is 1. The number of allylic oxidation sites excluding steroid dienone is 1. The topological polar surface area (TPSA) is 461 Å².